The largest absolute Gasteiger partial charge is 0.303 e. The fourth-order valence-electron chi connectivity index (χ4n) is 2.88. The molecule has 0 radical (unpaired) electrons. The van der Waals surface area contributed by atoms with Gasteiger partial charge in [0.15, 0.2) is 5.78 Å². The van der Waals surface area contributed by atoms with Gasteiger partial charge < -0.3 is 4.79 Å². The number of nitrogens with zero attached hydrogens (tertiary/aromatic N) is 2. The topological polar surface area (TPSA) is 59.9 Å². The molecule has 20 heavy (non-hydrogen) atoms. The molecule has 2 rings (SSSR count). The Hall–Kier alpha value is -1.58. The van der Waals surface area contributed by atoms with Crippen molar-refractivity contribution in [2.45, 2.75) is 41.0 Å². The van der Waals surface area contributed by atoms with Crippen molar-refractivity contribution in [1.82, 2.24) is 9.97 Å². The molecule has 1 aromatic heterocycles. The first kappa shape index (κ1) is 14.8. The quantitative estimate of drug-likeness (QED) is 0.481. The van der Waals surface area contributed by atoms with E-state index in [1.54, 1.807) is 6.07 Å². The Labute approximate surface area is 120 Å². The number of rotatable bonds is 4. The van der Waals surface area contributed by atoms with Gasteiger partial charge in [0.25, 0.3) is 0 Å². The highest BCUT2D eigenvalue weighted by Crippen LogP contribution is 2.65. The van der Waals surface area contributed by atoms with Crippen LogP contribution in [-0.4, -0.2) is 22.0 Å². The molecule has 3 atom stereocenters. The molecule has 1 aromatic rings. The third-order valence-electron chi connectivity index (χ3n) is 4.95. The number of hydrogen-bond acceptors (Lipinski definition) is 4. The normalized spacial score (nSPS) is 26.9. The van der Waals surface area contributed by atoms with Gasteiger partial charge in [-0.15, -0.1) is 0 Å². The highest BCUT2D eigenvalue weighted by molar-refractivity contribution is 6.04. The summed E-state index contributed by atoms with van der Waals surface area (Å²) < 4.78 is 0. The van der Waals surface area contributed by atoms with E-state index < -0.39 is 5.92 Å². The van der Waals surface area contributed by atoms with Crippen LogP contribution in [0.2, 0.25) is 0 Å². The first-order valence-corrected chi connectivity index (χ1v) is 6.99. The number of aryl methyl sites for hydroxylation is 1. The maximum atomic E-state index is 12.5. The van der Waals surface area contributed by atoms with Crippen molar-refractivity contribution in [2.24, 2.45) is 22.7 Å². The molecule has 108 valence electrons. The minimum atomic E-state index is -0.589. The van der Waals surface area contributed by atoms with E-state index in [2.05, 4.69) is 37.7 Å². The zero-order valence-corrected chi connectivity index (χ0v) is 12.8. The van der Waals surface area contributed by atoms with Crippen molar-refractivity contribution in [3.8, 4) is 0 Å². The second-order valence-electron chi connectivity index (χ2n) is 7.05. The molecule has 1 heterocycles. The Morgan fingerprint density at radius 3 is 2.55 bits per heavy atom. The highest BCUT2D eigenvalue weighted by Gasteiger charge is 2.61. The minimum absolute atomic E-state index is 0.0380. The summed E-state index contributed by atoms with van der Waals surface area (Å²) in [5.41, 5.74) is 1.21. The van der Waals surface area contributed by atoms with Gasteiger partial charge in [-0.2, -0.15) is 0 Å². The van der Waals surface area contributed by atoms with Crippen LogP contribution in [0.4, 0.5) is 0 Å². The standard InChI is InChI=1S/C16H22N2O2/c1-10-6-13(18-9-17-10)14(20)11(8-19)12-7-16(12,5)15(2,3)4/h6,8-9,11-12H,7H2,1-5H3. The lowest BCUT2D eigenvalue weighted by Gasteiger charge is -2.29. The molecule has 4 nitrogen and oxygen atoms in total. The lowest BCUT2D eigenvalue weighted by atomic mass is 9.75. The molecule has 0 saturated heterocycles. The summed E-state index contributed by atoms with van der Waals surface area (Å²) >= 11 is 0. The van der Waals surface area contributed by atoms with Crippen molar-refractivity contribution >= 4 is 12.1 Å². The van der Waals surface area contributed by atoms with Gasteiger partial charge in [-0.3, -0.25) is 4.79 Å². The van der Waals surface area contributed by atoms with Crippen LogP contribution in [0.5, 0.6) is 0 Å². The summed E-state index contributed by atoms with van der Waals surface area (Å²) in [6.07, 6.45) is 3.08. The van der Waals surface area contributed by atoms with Gasteiger partial charge in [0, 0.05) is 5.69 Å². The predicted octanol–water partition coefficient (Wildman–Crippen LogP) is 2.86. The van der Waals surface area contributed by atoms with Crippen LogP contribution in [0.15, 0.2) is 12.4 Å². The zero-order valence-electron chi connectivity index (χ0n) is 12.8. The van der Waals surface area contributed by atoms with E-state index in [1.165, 1.54) is 6.33 Å². The van der Waals surface area contributed by atoms with Crippen LogP contribution in [0.1, 0.15) is 50.3 Å². The van der Waals surface area contributed by atoms with E-state index in [1.807, 2.05) is 6.92 Å². The van der Waals surface area contributed by atoms with Crippen molar-refractivity contribution < 1.29 is 9.59 Å². The molecule has 0 spiro atoms. The number of ketones is 1. The first-order chi connectivity index (χ1) is 9.20. The maximum Gasteiger partial charge on any atom is 0.191 e. The molecule has 0 aromatic carbocycles. The van der Waals surface area contributed by atoms with Crippen molar-refractivity contribution in [3.05, 3.63) is 23.8 Å². The third-order valence-corrected chi connectivity index (χ3v) is 4.95. The summed E-state index contributed by atoms with van der Waals surface area (Å²) in [4.78, 5) is 31.9. The Kier molecular flexibility index (Phi) is 3.53. The van der Waals surface area contributed by atoms with Crippen molar-refractivity contribution in [2.75, 3.05) is 0 Å². The fourth-order valence-corrected chi connectivity index (χ4v) is 2.88. The molecule has 0 aliphatic heterocycles. The van der Waals surface area contributed by atoms with Crippen LogP contribution >= 0.6 is 0 Å². The molecule has 4 heteroatoms. The molecule has 1 aliphatic rings. The smallest absolute Gasteiger partial charge is 0.191 e. The maximum absolute atomic E-state index is 12.5. The van der Waals surface area contributed by atoms with Gasteiger partial charge in [0.2, 0.25) is 0 Å². The molecule has 0 bridgehead atoms. The van der Waals surface area contributed by atoms with Gasteiger partial charge in [0.1, 0.15) is 18.3 Å². The monoisotopic (exact) mass is 274 g/mol. The number of aldehydes is 1. The van der Waals surface area contributed by atoms with Crippen LogP contribution in [0.3, 0.4) is 0 Å². The molecule has 1 aliphatic carbocycles. The average Bonchev–Trinajstić information content (AvgIpc) is 3.03. The third kappa shape index (κ3) is 2.39. The van der Waals surface area contributed by atoms with Gasteiger partial charge in [0.05, 0.1) is 5.92 Å². The Bertz CT molecular complexity index is 548. The fraction of sp³-hybridized carbons (Fsp3) is 0.625. The van der Waals surface area contributed by atoms with E-state index in [4.69, 9.17) is 0 Å². The minimum Gasteiger partial charge on any atom is -0.303 e. The molecule has 0 amide bonds. The van der Waals surface area contributed by atoms with E-state index in [-0.39, 0.29) is 22.5 Å². The SMILES string of the molecule is Cc1cc(C(=O)C(C=O)C2CC2(C)C(C)(C)C)ncn1. The Balaban J connectivity index is 2.23. The summed E-state index contributed by atoms with van der Waals surface area (Å²) in [6, 6.07) is 1.65. The first-order valence-electron chi connectivity index (χ1n) is 6.99. The summed E-state index contributed by atoms with van der Waals surface area (Å²) in [5.74, 6) is -0.653. The molecular weight excluding hydrogens is 252 g/mol. The molecule has 1 fully saturated rings. The molecular formula is C16H22N2O2. The van der Waals surface area contributed by atoms with Crippen molar-refractivity contribution in [1.29, 1.82) is 0 Å². The molecule has 3 unspecified atom stereocenters. The van der Waals surface area contributed by atoms with Crippen molar-refractivity contribution in [3.63, 3.8) is 0 Å². The zero-order chi connectivity index (χ0) is 15.1. The van der Waals surface area contributed by atoms with Gasteiger partial charge in [-0.1, -0.05) is 27.7 Å². The molecule has 0 N–H and O–H groups in total. The van der Waals surface area contributed by atoms with E-state index in [0.29, 0.717) is 5.69 Å². The molecule has 1 saturated carbocycles. The number of carbonyl (C=O) groups excluding carboxylic acids is 2. The van der Waals surface area contributed by atoms with Crippen LogP contribution in [-0.2, 0) is 4.79 Å². The Morgan fingerprint density at radius 2 is 2.10 bits per heavy atom. The highest BCUT2D eigenvalue weighted by atomic mass is 16.1. The van der Waals surface area contributed by atoms with E-state index in [9.17, 15) is 9.59 Å². The van der Waals surface area contributed by atoms with Gasteiger partial charge >= 0.3 is 0 Å². The number of hydrogen-bond donors (Lipinski definition) is 0. The lowest BCUT2D eigenvalue weighted by Crippen LogP contribution is -2.28. The summed E-state index contributed by atoms with van der Waals surface area (Å²) in [6.45, 7) is 10.5. The van der Waals surface area contributed by atoms with E-state index in [0.717, 1.165) is 18.4 Å². The van der Waals surface area contributed by atoms with Crippen LogP contribution in [0, 0.1) is 29.6 Å². The van der Waals surface area contributed by atoms with Crippen LogP contribution in [0.25, 0.3) is 0 Å². The second-order valence-corrected chi connectivity index (χ2v) is 7.05. The number of carbonyl (C=O) groups is 2. The number of aromatic nitrogens is 2. The average molecular weight is 274 g/mol. The van der Waals surface area contributed by atoms with Gasteiger partial charge in [-0.05, 0) is 36.2 Å². The Morgan fingerprint density at radius 1 is 1.45 bits per heavy atom. The van der Waals surface area contributed by atoms with Gasteiger partial charge in [-0.25, -0.2) is 9.97 Å². The number of Topliss-reactive ketones (excluding diaryl/α,β-unsaturated/α-hetero) is 1. The van der Waals surface area contributed by atoms with E-state index >= 15 is 0 Å². The predicted molar refractivity (Wildman–Crippen MR) is 76.3 cm³/mol. The summed E-state index contributed by atoms with van der Waals surface area (Å²) in [5, 5.41) is 0. The second kappa shape index (κ2) is 4.76. The van der Waals surface area contributed by atoms with Crippen LogP contribution < -0.4 is 0 Å². The lowest BCUT2D eigenvalue weighted by molar-refractivity contribution is -0.110. The summed E-state index contributed by atoms with van der Waals surface area (Å²) in [7, 11) is 0.